The van der Waals surface area contributed by atoms with Crippen LogP contribution in [0.2, 0.25) is 0 Å². The van der Waals surface area contributed by atoms with Crippen LogP contribution in [0.4, 0.5) is 5.82 Å². The van der Waals surface area contributed by atoms with Crippen LogP contribution in [-0.4, -0.2) is 43.4 Å². The second kappa shape index (κ2) is 5.77. The number of nitrogens with zero attached hydrogens (tertiary/aromatic N) is 5. The number of pyridine rings is 1. The molecule has 1 unspecified atom stereocenters. The lowest BCUT2D eigenvalue weighted by Gasteiger charge is -2.38. The zero-order valence-corrected chi connectivity index (χ0v) is 14.0. The fourth-order valence-electron chi connectivity index (χ4n) is 4.00. The van der Waals surface area contributed by atoms with Crippen LogP contribution in [0, 0.1) is 5.92 Å². The molecule has 1 aliphatic carbocycles. The van der Waals surface area contributed by atoms with Gasteiger partial charge in [0.05, 0.1) is 0 Å². The Morgan fingerprint density at radius 1 is 1.16 bits per heavy atom. The summed E-state index contributed by atoms with van der Waals surface area (Å²) >= 11 is 0. The standard InChI is InChI=1S/C18H21N7/c1-6-18(7-1)10-13(12-21-18)11-20-15-2-3-16-22-23-17(25(16)24-15)14-4-8-19-9-5-14/h2-5,8-9,13,21H,1,6-7,10-12H2,(H,20,24). The highest BCUT2D eigenvalue weighted by Gasteiger charge is 2.42. The van der Waals surface area contributed by atoms with Crippen molar-refractivity contribution in [1.29, 1.82) is 0 Å². The smallest absolute Gasteiger partial charge is 0.185 e. The number of hydrogen-bond acceptors (Lipinski definition) is 6. The van der Waals surface area contributed by atoms with E-state index < -0.39 is 0 Å². The summed E-state index contributed by atoms with van der Waals surface area (Å²) in [5.74, 6) is 2.26. The number of aromatic nitrogens is 5. The van der Waals surface area contributed by atoms with Gasteiger partial charge in [-0.05, 0) is 55.9 Å². The van der Waals surface area contributed by atoms with Crippen molar-refractivity contribution in [3.63, 3.8) is 0 Å². The second-order valence-electron chi connectivity index (χ2n) is 7.21. The van der Waals surface area contributed by atoms with Crippen molar-refractivity contribution in [2.75, 3.05) is 18.4 Å². The van der Waals surface area contributed by atoms with Crippen molar-refractivity contribution < 1.29 is 0 Å². The second-order valence-corrected chi connectivity index (χ2v) is 7.21. The lowest BCUT2D eigenvalue weighted by atomic mass is 9.74. The van der Waals surface area contributed by atoms with E-state index in [-0.39, 0.29) is 0 Å². The van der Waals surface area contributed by atoms with E-state index in [4.69, 9.17) is 0 Å². The molecular weight excluding hydrogens is 314 g/mol. The number of nitrogens with one attached hydrogen (secondary N) is 2. The van der Waals surface area contributed by atoms with E-state index in [1.165, 1.54) is 25.7 Å². The summed E-state index contributed by atoms with van der Waals surface area (Å²) in [5, 5.41) is 20.4. The highest BCUT2D eigenvalue weighted by atomic mass is 15.4. The van der Waals surface area contributed by atoms with Crippen LogP contribution in [0.3, 0.4) is 0 Å². The van der Waals surface area contributed by atoms with E-state index in [1.54, 1.807) is 16.9 Å². The minimum atomic E-state index is 0.451. The maximum atomic E-state index is 4.68. The maximum Gasteiger partial charge on any atom is 0.185 e. The first kappa shape index (κ1) is 14.8. The molecule has 0 bridgehead atoms. The average molecular weight is 335 g/mol. The van der Waals surface area contributed by atoms with Crippen LogP contribution in [0.15, 0.2) is 36.7 Å². The third-order valence-corrected chi connectivity index (χ3v) is 5.53. The Balaban J connectivity index is 1.34. The third-order valence-electron chi connectivity index (χ3n) is 5.53. The first-order valence-electron chi connectivity index (χ1n) is 8.93. The molecule has 2 N–H and O–H groups in total. The quantitative estimate of drug-likeness (QED) is 0.760. The van der Waals surface area contributed by atoms with Gasteiger partial charge in [0.1, 0.15) is 5.82 Å². The number of hydrogen-bond donors (Lipinski definition) is 2. The van der Waals surface area contributed by atoms with Crippen molar-refractivity contribution in [2.24, 2.45) is 5.92 Å². The van der Waals surface area contributed by atoms with Gasteiger partial charge in [-0.1, -0.05) is 0 Å². The SMILES string of the molecule is c1cc(-c2nnc3ccc(NCC4CNC5(CCC5)C4)nn23)ccn1. The van der Waals surface area contributed by atoms with Crippen LogP contribution < -0.4 is 10.6 Å². The van der Waals surface area contributed by atoms with Gasteiger partial charge in [0.2, 0.25) is 0 Å². The van der Waals surface area contributed by atoms with Gasteiger partial charge < -0.3 is 10.6 Å². The molecule has 3 aromatic heterocycles. The van der Waals surface area contributed by atoms with Gasteiger partial charge >= 0.3 is 0 Å². The molecule has 1 spiro atoms. The number of anilines is 1. The zero-order chi connectivity index (χ0) is 16.7. The predicted octanol–water partition coefficient (Wildman–Crippen LogP) is 2.13. The van der Waals surface area contributed by atoms with Crippen molar-refractivity contribution in [3.05, 3.63) is 36.7 Å². The largest absolute Gasteiger partial charge is 0.368 e. The Kier molecular flexibility index (Phi) is 3.41. The van der Waals surface area contributed by atoms with Crippen LogP contribution in [0.1, 0.15) is 25.7 Å². The Labute approximate surface area is 145 Å². The summed E-state index contributed by atoms with van der Waals surface area (Å²) in [6.45, 7) is 2.05. The Bertz CT molecular complexity index is 885. The van der Waals surface area contributed by atoms with Crippen molar-refractivity contribution in [2.45, 2.75) is 31.2 Å². The molecule has 0 radical (unpaired) electrons. The first-order valence-corrected chi connectivity index (χ1v) is 8.93. The zero-order valence-electron chi connectivity index (χ0n) is 14.0. The van der Waals surface area contributed by atoms with E-state index in [0.717, 1.165) is 35.9 Å². The number of rotatable bonds is 4. The lowest BCUT2D eigenvalue weighted by Crippen LogP contribution is -2.45. The van der Waals surface area contributed by atoms with E-state index in [9.17, 15) is 0 Å². The molecule has 25 heavy (non-hydrogen) atoms. The van der Waals surface area contributed by atoms with E-state index in [2.05, 4.69) is 30.9 Å². The average Bonchev–Trinajstić information content (AvgIpc) is 3.25. The first-order chi connectivity index (χ1) is 12.3. The normalized spacial score (nSPS) is 21.5. The third kappa shape index (κ3) is 2.64. The molecular formula is C18H21N7. The van der Waals surface area contributed by atoms with Gasteiger partial charge in [-0.3, -0.25) is 4.98 Å². The molecule has 128 valence electrons. The van der Waals surface area contributed by atoms with Crippen molar-refractivity contribution in [1.82, 2.24) is 30.1 Å². The van der Waals surface area contributed by atoms with Crippen LogP contribution in [0.5, 0.6) is 0 Å². The van der Waals surface area contributed by atoms with Crippen LogP contribution >= 0.6 is 0 Å². The van der Waals surface area contributed by atoms with Crippen LogP contribution in [0.25, 0.3) is 17.0 Å². The summed E-state index contributed by atoms with van der Waals surface area (Å²) < 4.78 is 1.79. The molecule has 1 saturated carbocycles. The molecule has 3 aromatic rings. The molecule has 0 amide bonds. The van der Waals surface area contributed by atoms with Crippen molar-refractivity contribution in [3.8, 4) is 11.4 Å². The highest BCUT2D eigenvalue weighted by molar-refractivity contribution is 5.58. The molecule has 0 aromatic carbocycles. The molecule has 7 nitrogen and oxygen atoms in total. The molecule has 7 heteroatoms. The van der Waals surface area contributed by atoms with Crippen molar-refractivity contribution >= 4 is 11.5 Å². The Hall–Kier alpha value is -2.54. The van der Waals surface area contributed by atoms with Gasteiger partial charge in [0.15, 0.2) is 11.5 Å². The lowest BCUT2D eigenvalue weighted by molar-refractivity contribution is 0.211. The topological polar surface area (TPSA) is 80.0 Å². The molecule has 1 atom stereocenters. The molecule has 5 rings (SSSR count). The monoisotopic (exact) mass is 335 g/mol. The number of fused-ring (bicyclic) bond motifs is 1. The van der Waals surface area contributed by atoms with Gasteiger partial charge in [0.25, 0.3) is 0 Å². The fourth-order valence-corrected chi connectivity index (χ4v) is 4.00. The summed E-state index contributed by atoms with van der Waals surface area (Å²) in [4.78, 5) is 4.05. The van der Waals surface area contributed by atoms with E-state index in [0.29, 0.717) is 11.5 Å². The summed E-state index contributed by atoms with van der Waals surface area (Å²) in [6, 6.07) is 7.76. The molecule has 1 aliphatic heterocycles. The fraction of sp³-hybridized carbons (Fsp3) is 0.444. The summed E-state index contributed by atoms with van der Waals surface area (Å²) in [7, 11) is 0. The summed E-state index contributed by atoms with van der Waals surface area (Å²) in [6.07, 6.45) is 8.82. The van der Waals surface area contributed by atoms with Gasteiger partial charge in [-0.15, -0.1) is 15.3 Å². The molecule has 1 saturated heterocycles. The molecule has 4 heterocycles. The van der Waals surface area contributed by atoms with E-state index in [1.807, 2.05) is 24.3 Å². The van der Waals surface area contributed by atoms with Crippen LogP contribution in [-0.2, 0) is 0 Å². The highest BCUT2D eigenvalue weighted by Crippen LogP contribution is 2.40. The van der Waals surface area contributed by atoms with Gasteiger partial charge in [-0.25, -0.2) is 0 Å². The predicted molar refractivity (Wildman–Crippen MR) is 95.2 cm³/mol. The van der Waals surface area contributed by atoms with E-state index >= 15 is 0 Å². The molecule has 2 aliphatic rings. The maximum absolute atomic E-state index is 4.68. The van der Waals surface area contributed by atoms with Gasteiger partial charge in [-0.2, -0.15) is 4.52 Å². The minimum absolute atomic E-state index is 0.451. The Morgan fingerprint density at radius 2 is 2.04 bits per heavy atom. The minimum Gasteiger partial charge on any atom is -0.368 e. The Morgan fingerprint density at radius 3 is 2.80 bits per heavy atom. The molecule has 2 fully saturated rings. The summed E-state index contributed by atoms with van der Waals surface area (Å²) in [5.41, 5.74) is 2.15. The van der Waals surface area contributed by atoms with Gasteiger partial charge in [0, 0.05) is 36.6 Å².